The van der Waals surface area contributed by atoms with Crippen LogP contribution in [-0.4, -0.2) is 35.7 Å². The predicted molar refractivity (Wildman–Crippen MR) is 69.9 cm³/mol. The van der Waals surface area contributed by atoms with E-state index in [0.717, 1.165) is 32.5 Å². The summed E-state index contributed by atoms with van der Waals surface area (Å²) < 4.78 is 0. The Labute approximate surface area is 104 Å². The summed E-state index contributed by atoms with van der Waals surface area (Å²) >= 11 is 0. The van der Waals surface area contributed by atoms with E-state index in [4.69, 9.17) is 10.9 Å². The maximum Gasteiger partial charge on any atom is 0.144 e. The number of oxime groups is 1. The van der Waals surface area contributed by atoms with E-state index < -0.39 is 0 Å². The Morgan fingerprint density at radius 3 is 2.59 bits per heavy atom. The molecule has 1 saturated heterocycles. The number of hydrogen-bond acceptors (Lipinski definition) is 4. The van der Waals surface area contributed by atoms with Gasteiger partial charge >= 0.3 is 0 Å². The van der Waals surface area contributed by atoms with Crippen LogP contribution in [0.25, 0.3) is 0 Å². The van der Waals surface area contributed by atoms with Gasteiger partial charge in [0, 0.05) is 25.0 Å². The number of nitrogens with two attached hydrogens (primary N) is 1. The Kier molecular flexibility index (Phi) is 5.71. The van der Waals surface area contributed by atoms with Crippen molar-refractivity contribution in [2.45, 2.75) is 46.0 Å². The minimum Gasteiger partial charge on any atom is -0.409 e. The summed E-state index contributed by atoms with van der Waals surface area (Å²) in [5.74, 6) is 0.315. The Morgan fingerprint density at radius 1 is 1.35 bits per heavy atom. The number of amidine groups is 1. The number of hydrogen-bond donors (Lipinski definition) is 3. The smallest absolute Gasteiger partial charge is 0.144 e. The SMILES string of the molecule is CC(C)(CCCNN1CCCCC1)C(N)=NO. The molecule has 1 aliphatic rings. The van der Waals surface area contributed by atoms with Crippen molar-refractivity contribution in [3.63, 3.8) is 0 Å². The molecule has 0 atom stereocenters. The lowest BCUT2D eigenvalue weighted by molar-refractivity contribution is 0.152. The first-order chi connectivity index (χ1) is 8.06. The van der Waals surface area contributed by atoms with Crippen LogP contribution in [0.4, 0.5) is 0 Å². The molecule has 17 heavy (non-hydrogen) atoms. The van der Waals surface area contributed by atoms with Gasteiger partial charge in [-0.05, 0) is 25.7 Å². The first kappa shape index (κ1) is 14.3. The summed E-state index contributed by atoms with van der Waals surface area (Å²) in [6.07, 6.45) is 5.89. The van der Waals surface area contributed by atoms with Gasteiger partial charge in [0.2, 0.25) is 0 Å². The molecule has 0 aromatic heterocycles. The highest BCUT2D eigenvalue weighted by molar-refractivity contribution is 5.85. The van der Waals surface area contributed by atoms with E-state index in [1.54, 1.807) is 0 Å². The van der Waals surface area contributed by atoms with Gasteiger partial charge in [-0.3, -0.25) is 5.43 Å². The topological polar surface area (TPSA) is 73.9 Å². The van der Waals surface area contributed by atoms with E-state index in [-0.39, 0.29) is 5.41 Å². The lowest BCUT2D eigenvalue weighted by Gasteiger charge is -2.28. The lowest BCUT2D eigenvalue weighted by atomic mass is 9.87. The van der Waals surface area contributed by atoms with Crippen molar-refractivity contribution in [2.75, 3.05) is 19.6 Å². The van der Waals surface area contributed by atoms with Gasteiger partial charge in [0.15, 0.2) is 0 Å². The fraction of sp³-hybridized carbons (Fsp3) is 0.917. The van der Waals surface area contributed by atoms with Crippen molar-refractivity contribution in [2.24, 2.45) is 16.3 Å². The van der Waals surface area contributed by atoms with Gasteiger partial charge in [-0.15, -0.1) is 0 Å². The average molecular weight is 242 g/mol. The van der Waals surface area contributed by atoms with Gasteiger partial charge < -0.3 is 10.9 Å². The first-order valence-corrected chi connectivity index (χ1v) is 6.53. The molecule has 0 bridgehead atoms. The summed E-state index contributed by atoms with van der Waals surface area (Å²) in [6.45, 7) is 7.28. The van der Waals surface area contributed by atoms with Crippen LogP contribution in [0.1, 0.15) is 46.0 Å². The second kappa shape index (κ2) is 6.81. The van der Waals surface area contributed by atoms with Gasteiger partial charge in [0.1, 0.15) is 5.84 Å². The Balaban J connectivity index is 2.14. The van der Waals surface area contributed by atoms with Crippen LogP contribution >= 0.6 is 0 Å². The third-order valence-corrected chi connectivity index (χ3v) is 3.47. The standard InChI is InChI=1S/C12H26N4O/c1-12(2,11(13)15-17)7-6-8-14-16-9-4-3-5-10-16/h14,17H,3-10H2,1-2H3,(H2,13,15). The van der Waals surface area contributed by atoms with Crippen LogP contribution in [0.3, 0.4) is 0 Å². The van der Waals surface area contributed by atoms with Crippen LogP contribution in [-0.2, 0) is 0 Å². The molecule has 1 fully saturated rings. The van der Waals surface area contributed by atoms with E-state index in [0.29, 0.717) is 5.84 Å². The van der Waals surface area contributed by atoms with Crippen molar-refractivity contribution >= 4 is 5.84 Å². The van der Waals surface area contributed by atoms with Gasteiger partial charge in [-0.25, -0.2) is 5.01 Å². The molecule has 0 spiro atoms. The van der Waals surface area contributed by atoms with E-state index >= 15 is 0 Å². The molecule has 0 aromatic carbocycles. The molecule has 0 amide bonds. The second-order valence-corrected chi connectivity index (χ2v) is 5.43. The molecule has 0 unspecified atom stereocenters. The van der Waals surface area contributed by atoms with E-state index in [2.05, 4.69) is 15.6 Å². The monoisotopic (exact) mass is 242 g/mol. The Hall–Kier alpha value is -0.810. The summed E-state index contributed by atoms with van der Waals surface area (Å²) in [6, 6.07) is 0. The zero-order valence-electron chi connectivity index (χ0n) is 11.1. The Bertz CT molecular complexity index is 247. The zero-order valence-corrected chi connectivity index (χ0v) is 11.1. The highest BCUT2D eigenvalue weighted by Gasteiger charge is 2.22. The van der Waals surface area contributed by atoms with Crippen LogP contribution in [0.15, 0.2) is 5.16 Å². The Morgan fingerprint density at radius 2 is 2.00 bits per heavy atom. The molecule has 1 aliphatic heterocycles. The minimum absolute atomic E-state index is 0.224. The molecule has 1 heterocycles. The number of nitrogens with zero attached hydrogens (tertiary/aromatic N) is 2. The molecule has 0 saturated carbocycles. The first-order valence-electron chi connectivity index (χ1n) is 6.53. The fourth-order valence-corrected chi connectivity index (χ4v) is 2.08. The number of rotatable bonds is 6. The molecule has 0 aromatic rings. The summed E-state index contributed by atoms with van der Waals surface area (Å²) in [7, 11) is 0. The van der Waals surface area contributed by atoms with Crippen LogP contribution < -0.4 is 11.2 Å². The fourth-order valence-electron chi connectivity index (χ4n) is 2.08. The van der Waals surface area contributed by atoms with Crippen LogP contribution in [0, 0.1) is 5.41 Å². The van der Waals surface area contributed by atoms with E-state index in [9.17, 15) is 0 Å². The molecule has 4 N–H and O–H groups in total. The van der Waals surface area contributed by atoms with Crippen molar-refractivity contribution in [3.05, 3.63) is 0 Å². The van der Waals surface area contributed by atoms with Gasteiger partial charge in [-0.1, -0.05) is 25.4 Å². The molecule has 100 valence electrons. The van der Waals surface area contributed by atoms with Crippen molar-refractivity contribution in [1.82, 2.24) is 10.4 Å². The zero-order chi connectivity index (χ0) is 12.7. The maximum absolute atomic E-state index is 8.67. The number of piperidine rings is 1. The van der Waals surface area contributed by atoms with Gasteiger partial charge in [0.25, 0.3) is 0 Å². The van der Waals surface area contributed by atoms with Crippen LogP contribution in [0.5, 0.6) is 0 Å². The highest BCUT2D eigenvalue weighted by atomic mass is 16.4. The largest absolute Gasteiger partial charge is 0.409 e. The lowest BCUT2D eigenvalue weighted by Crippen LogP contribution is -2.42. The normalized spacial score (nSPS) is 19.5. The average Bonchev–Trinajstić information content (AvgIpc) is 2.35. The second-order valence-electron chi connectivity index (χ2n) is 5.43. The third-order valence-electron chi connectivity index (χ3n) is 3.47. The van der Waals surface area contributed by atoms with E-state index in [1.165, 1.54) is 19.3 Å². The molecule has 0 aliphatic carbocycles. The summed E-state index contributed by atoms with van der Waals surface area (Å²) in [5.41, 5.74) is 8.86. The molecule has 5 nitrogen and oxygen atoms in total. The van der Waals surface area contributed by atoms with Gasteiger partial charge in [0.05, 0.1) is 0 Å². The molecular weight excluding hydrogens is 216 g/mol. The minimum atomic E-state index is -0.224. The quantitative estimate of drug-likeness (QED) is 0.217. The van der Waals surface area contributed by atoms with Gasteiger partial charge in [-0.2, -0.15) is 0 Å². The number of nitrogens with one attached hydrogen (secondary N) is 1. The van der Waals surface area contributed by atoms with E-state index in [1.807, 2.05) is 13.8 Å². The van der Waals surface area contributed by atoms with Crippen molar-refractivity contribution in [1.29, 1.82) is 0 Å². The predicted octanol–water partition coefficient (Wildman–Crippen LogP) is 1.53. The van der Waals surface area contributed by atoms with Crippen molar-refractivity contribution in [3.8, 4) is 0 Å². The molecule has 5 heteroatoms. The highest BCUT2D eigenvalue weighted by Crippen LogP contribution is 2.21. The molecular formula is C12H26N4O. The number of hydrazine groups is 1. The maximum atomic E-state index is 8.67. The van der Waals surface area contributed by atoms with Crippen LogP contribution in [0.2, 0.25) is 0 Å². The summed E-state index contributed by atoms with van der Waals surface area (Å²) in [5, 5.41) is 14.1. The third kappa shape index (κ3) is 4.91. The molecule has 0 radical (unpaired) electrons. The molecule has 1 rings (SSSR count). The van der Waals surface area contributed by atoms with Crippen molar-refractivity contribution < 1.29 is 5.21 Å². The summed E-state index contributed by atoms with van der Waals surface area (Å²) in [4.78, 5) is 0.